The fourth-order valence-corrected chi connectivity index (χ4v) is 5.71. The summed E-state index contributed by atoms with van der Waals surface area (Å²) in [6.45, 7) is 2.12. The molecule has 0 unspecified atom stereocenters. The third kappa shape index (κ3) is 3.57. The molecule has 3 aliphatic rings. The van der Waals surface area contributed by atoms with E-state index in [-0.39, 0.29) is 17.1 Å². The number of carbonyl (C=O) groups is 1. The lowest BCUT2D eigenvalue weighted by molar-refractivity contribution is -0.123. The van der Waals surface area contributed by atoms with Gasteiger partial charge < -0.3 is 19.7 Å². The Morgan fingerprint density at radius 1 is 1.23 bits per heavy atom. The van der Waals surface area contributed by atoms with Crippen molar-refractivity contribution in [2.24, 2.45) is 0 Å². The maximum Gasteiger partial charge on any atom is 0.235 e. The zero-order valence-corrected chi connectivity index (χ0v) is 18.8. The minimum Gasteiger partial charge on any atom is -0.497 e. The molecule has 1 saturated heterocycles. The Hall–Kier alpha value is -2.25. The number of nitrogens with zero attached hydrogens (tertiary/aromatic N) is 1. The van der Waals surface area contributed by atoms with E-state index in [0.29, 0.717) is 16.6 Å². The van der Waals surface area contributed by atoms with E-state index in [1.807, 2.05) is 0 Å². The topological polar surface area (TPSA) is 53.6 Å². The SMILES string of the molecule is COc1ccc(SNc2cc(C3CCN(C)CC3)c3c(c2)C2(CCC2)C(=O)N3)c(F)c1. The Balaban J connectivity index is 1.47. The quantitative estimate of drug-likeness (QED) is 0.630. The second kappa shape index (κ2) is 8.02. The number of hydrogen-bond acceptors (Lipinski definition) is 5. The van der Waals surface area contributed by atoms with E-state index in [1.54, 1.807) is 12.1 Å². The molecule has 2 heterocycles. The molecule has 0 bridgehead atoms. The van der Waals surface area contributed by atoms with Gasteiger partial charge in [-0.15, -0.1) is 0 Å². The Kier molecular flexibility index (Phi) is 5.34. The molecule has 5 nitrogen and oxygen atoms in total. The molecule has 1 spiro atoms. The van der Waals surface area contributed by atoms with Gasteiger partial charge in [-0.1, -0.05) is 6.42 Å². The molecule has 1 aliphatic carbocycles. The molecule has 7 heteroatoms. The number of methoxy groups -OCH3 is 1. The number of rotatable bonds is 5. The van der Waals surface area contributed by atoms with Crippen LogP contribution in [0.2, 0.25) is 0 Å². The first-order chi connectivity index (χ1) is 15.0. The summed E-state index contributed by atoms with van der Waals surface area (Å²) in [6.07, 6.45) is 5.05. The second-order valence-electron chi connectivity index (χ2n) is 8.96. The van der Waals surface area contributed by atoms with Gasteiger partial charge in [0.05, 0.1) is 17.4 Å². The van der Waals surface area contributed by atoms with Crippen molar-refractivity contribution in [3.63, 3.8) is 0 Å². The Morgan fingerprint density at radius 3 is 2.65 bits per heavy atom. The van der Waals surface area contributed by atoms with E-state index in [1.165, 1.54) is 30.7 Å². The van der Waals surface area contributed by atoms with Crippen molar-refractivity contribution in [2.75, 3.05) is 37.3 Å². The van der Waals surface area contributed by atoms with Crippen LogP contribution in [0.4, 0.5) is 15.8 Å². The zero-order chi connectivity index (χ0) is 21.6. The highest BCUT2D eigenvalue weighted by Crippen LogP contribution is 2.54. The summed E-state index contributed by atoms with van der Waals surface area (Å²) in [6, 6.07) is 9.12. The standard InChI is InChI=1S/C24H28FN3O2S/c1-28-10-6-15(7-11-28)18-12-16(27-31-21-5-4-17(30-2)14-20(21)25)13-19-22(18)26-23(29)24(19)8-3-9-24/h4-5,12-15,27H,3,6-11H2,1-2H3,(H,26,29). The first-order valence-electron chi connectivity index (χ1n) is 10.9. The van der Waals surface area contributed by atoms with E-state index in [9.17, 15) is 9.18 Å². The first-order valence-corrected chi connectivity index (χ1v) is 11.8. The average Bonchev–Trinajstić information content (AvgIpc) is 3.05. The molecule has 0 aromatic heterocycles. The van der Waals surface area contributed by atoms with Crippen LogP contribution in [0, 0.1) is 5.82 Å². The van der Waals surface area contributed by atoms with E-state index < -0.39 is 0 Å². The fourth-order valence-electron chi connectivity index (χ4n) is 5.07. The molecule has 164 valence electrons. The van der Waals surface area contributed by atoms with Crippen LogP contribution in [0.15, 0.2) is 35.2 Å². The number of halogens is 1. The average molecular weight is 442 g/mol. The summed E-state index contributed by atoms with van der Waals surface area (Å²) in [5.41, 5.74) is 3.93. The number of piperidine rings is 1. The van der Waals surface area contributed by atoms with Crippen LogP contribution in [-0.2, 0) is 10.2 Å². The third-order valence-corrected chi connectivity index (χ3v) is 8.03. The number of fused-ring (bicyclic) bond motifs is 2. The summed E-state index contributed by atoms with van der Waals surface area (Å²) in [7, 11) is 3.68. The molecule has 0 atom stereocenters. The Labute approximate surface area is 186 Å². The second-order valence-corrected chi connectivity index (χ2v) is 9.80. The van der Waals surface area contributed by atoms with Crippen LogP contribution >= 0.6 is 11.9 Å². The van der Waals surface area contributed by atoms with Gasteiger partial charge in [0.25, 0.3) is 0 Å². The largest absolute Gasteiger partial charge is 0.497 e. The molecule has 31 heavy (non-hydrogen) atoms. The summed E-state index contributed by atoms with van der Waals surface area (Å²) in [5, 5.41) is 3.23. The molecule has 1 saturated carbocycles. The number of amides is 1. The van der Waals surface area contributed by atoms with Crippen molar-refractivity contribution in [2.45, 2.75) is 48.3 Å². The lowest BCUT2D eigenvalue weighted by Crippen LogP contribution is -2.40. The van der Waals surface area contributed by atoms with E-state index in [0.717, 1.165) is 62.1 Å². The third-order valence-electron chi connectivity index (χ3n) is 7.14. The van der Waals surface area contributed by atoms with Gasteiger partial charge in [-0.2, -0.15) is 0 Å². The van der Waals surface area contributed by atoms with Crippen molar-refractivity contribution >= 4 is 29.2 Å². The maximum absolute atomic E-state index is 14.4. The molecule has 2 aromatic carbocycles. The van der Waals surface area contributed by atoms with Crippen molar-refractivity contribution in [3.05, 3.63) is 47.3 Å². The number of carbonyl (C=O) groups excluding carboxylic acids is 1. The summed E-state index contributed by atoms with van der Waals surface area (Å²) in [5.74, 6) is 0.750. The van der Waals surface area contributed by atoms with Crippen molar-refractivity contribution in [1.29, 1.82) is 0 Å². The van der Waals surface area contributed by atoms with Gasteiger partial charge in [-0.25, -0.2) is 4.39 Å². The predicted octanol–water partition coefficient (Wildman–Crippen LogP) is 5.14. The molecule has 5 rings (SSSR count). The molecule has 2 N–H and O–H groups in total. The summed E-state index contributed by atoms with van der Waals surface area (Å²) in [4.78, 5) is 15.8. The molecule has 2 aromatic rings. The molecule has 2 aliphatic heterocycles. The highest BCUT2D eigenvalue weighted by Gasteiger charge is 2.52. The molecule has 0 radical (unpaired) electrons. The lowest BCUT2D eigenvalue weighted by Gasteiger charge is -2.36. The number of ether oxygens (including phenoxy) is 1. The first kappa shape index (κ1) is 20.6. The van der Waals surface area contributed by atoms with Crippen LogP contribution in [0.25, 0.3) is 0 Å². The number of hydrogen-bond donors (Lipinski definition) is 2. The van der Waals surface area contributed by atoms with Gasteiger partial charge >= 0.3 is 0 Å². The minimum absolute atomic E-state index is 0.147. The van der Waals surface area contributed by atoms with Crippen molar-refractivity contribution in [3.8, 4) is 5.75 Å². The van der Waals surface area contributed by atoms with Gasteiger partial charge in [-0.05, 0) is 99.1 Å². The summed E-state index contributed by atoms with van der Waals surface area (Å²) < 4.78 is 22.8. The van der Waals surface area contributed by atoms with Crippen LogP contribution in [0.1, 0.15) is 49.1 Å². The highest BCUT2D eigenvalue weighted by molar-refractivity contribution is 8.00. The van der Waals surface area contributed by atoms with Gasteiger partial charge in [0.1, 0.15) is 11.6 Å². The van der Waals surface area contributed by atoms with Gasteiger partial charge in [0.15, 0.2) is 0 Å². The van der Waals surface area contributed by atoms with Crippen LogP contribution in [0.3, 0.4) is 0 Å². The Bertz CT molecular complexity index is 1020. The smallest absolute Gasteiger partial charge is 0.235 e. The van der Waals surface area contributed by atoms with Crippen molar-refractivity contribution in [1.82, 2.24) is 4.90 Å². The molecular formula is C24H28FN3O2S. The van der Waals surface area contributed by atoms with Crippen LogP contribution < -0.4 is 14.8 Å². The summed E-state index contributed by atoms with van der Waals surface area (Å²) >= 11 is 1.25. The number of benzene rings is 2. The van der Waals surface area contributed by atoms with Gasteiger partial charge in [0, 0.05) is 17.4 Å². The van der Waals surface area contributed by atoms with E-state index >= 15 is 0 Å². The normalized spacial score (nSPS) is 20.3. The Morgan fingerprint density at radius 2 is 2.00 bits per heavy atom. The van der Waals surface area contributed by atoms with Crippen LogP contribution in [-0.4, -0.2) is 38.1 Å². The molecule has 1 amide bonds. The number of anilines is 2. The monoisotopic (exact) mass is 441 g/mol. The highest BCUT2D eigenvalue weighted by atomic mass is 32.2. The maximum atomic E-state index is 14.4. The fraction of sp³-hybridized carbons (Fsp3) is 0.458. The van der Waals surface area contributed by atoms with Crippen molar-refractivity contribution < 1.29 is 13.9 Å². The minimum atomic E-state index is -0.372. The van der Waals surface area contributed by atoms with E-state index in [4.69, 9.17) is 4.74 Å². The predicted molar refractivity (Wildman–Crippen MR) is 123 cm³/mol. The van der Waals surface area contributed by atoms with E-state index in [2.05, 4.69) is 34.1 Å². The molecule has 2 fully saturated rings. The zero-order valence-electron chi connectivity index (χ0n) is 18.0. The molecular weight excluding hydrogens is 413 g/mol. The van der Waals surface area contributed by atoms with Gasteiger partial charge in [-0.3, -0.25) is 4.79 Å². The van der Waals surface area contributed by atoms with Gasteiger partial charge in [0.2, 0.25) is 5.91 Å². The number of likely N-dealkylation sites (tertiary alicyclic amines) is 1. The lowest BCUT2D eigenvalue weighted by atomic mass is 9.65. The number of nitrogens with one attached hydrogen (secondary N) is 2. The van der Waals surface area contributed by atoms with Crippen LogP contribution in [0.5, 0.6) is 5.75 Å².